The molecule has 21 heavy (non-hydrogen) atoms. The second-order valence-corrected chi connectivity index (χ2v) is 7.07. The Labute approximate surface area is 135 Å². The molecule has 0 heterocycles. The largest absolute Gasteiger partial charge is 0.397 e. The highest BCUT2D eigenvalue weighted by molar-refractivity contribution is 9.10. The van der Waals surface area contributed by atoms with Crippen molar-refractivity contribution in [1.29, 1.82) is 5.26 Å². The minimum atomic E-state index is -3.87. The quantitative estimate of drug-likeness (QED) is 0.791. The number of nitriles is 1. The van der Waals surface area contributed by atoms with E-state index in [2.05, 4.69) is 20.7 Å². The van der Waals surface area contributed by atoms with Crippen molar-refractivity contribution in [2.45, 2.75) is 4.90 Å². The van der Waals surface area contributed by atoms with Gasteiger partial charge in [-0.25, -0.2) is 8.42 Å². The molecule has 0 amide bonds. The summed E-state index contributed by atoms with van der Waals surface area (Å²) in [6.07, 6.45) is 0. The van der Waals surface area contributed by atoms with E-state index < -0.39 is 10.0 Å². The molecule has 0 aliphatic carbocycles. The minimum Gasteiger partial charge on any atom is -0.397 e. The van der Waals surface area contributed by atoms with E-state index in [1.807, 2.05) is 6.07 Å². The lowest BCUT2D eigenvalue weighted by Crippen LogP contribution is -2.14. The number of sulfonamides is 1. The predicted molar refractivity (Wildman–Crippen MR) is 85.5 cm³/mol. The molecule has 5 nitrogen and oxygen atoms in total. The number of halogens is 2. The maximum Gasteiger partial charge on any atom is 0.263 e. The highest BCUT2D eigenvalue weighted by atomic mass is 79.9. The molecular weight excluding hydrogens is 378 g/mol. The number of nitrogens with zero attached hydrogens (tertiary/aromatic N) is 1. The molecule has 8 heteroatoms. The Kier molecular flexibility index (Phi) is 4.42. The highest BCUT2D eigenvalue weighted by Crippen LogP contribution is 2.28. The summed E-state index contributed by atoms with van der Waals surface area (Å²) in [5.74, 6) is 0. The molecule has 0 aliphatic rings. The third kappa shape index (κ3) is 3.47. The maximum atomic E-state index is 12.3. The van der Waals surface area contributed by atoms with Crippen LogP contribution in [0.4, 0.5) is 11.4 Å². The number of nitrogens with one attached hydrogen (secondary N) is 1. The zero-order valence-corrected chi connectivity index (χ0v) is 13.6. The third-order valence-corrected chi connectivity index (χ3v) is 4.95. The maximum absolute atomic E-state index is 12.3. The van der Waals surface area contributed by atoms with Gasteiger partial charge in [-0.1, -0.05) is 27.5 Å². The van der Waals surface area contributed by atoms with E-state index in [0.717, 1.165) is 0 Å². The van der Waals surface area contributed by atoms with Crippen molar-refractivity contribution in [3.05, 3.63) is 51.5 Å². The van der Waals surface area contributed by atoms with Crippen LogP contribution < -0.4 is 10.5 Å². The van der Waals surface area contributed by atoms with Crippen LogP contribution in [0.25, 0.3) is 0 Å². The fraction of sp³-hybridized carbons (Fsp3) is 0. The number of hydrogen-bond donors (Lipinski definition) is 2. The first-order chi connectivity index (χ1) is 9.83. The lowest BCUT2D eigenvalue weighted by molar-refractivity contribution is 0.601. The fourth-order valence-electron chi connectivity index (χ4n) is 1.62. The van der Waals surface area contributed by atoms with Gasteiger partial charge in [0.2, 0.25) is 0 Å². The summed E-state index contributed by atoms with van der Waals surface area (Å²) >= 11 is 9.15. The molecule has 0 saturated carbocycles. The molecule has 0 unspecified atom stereocenters. The van der Waals surface area contributed by atoms with Crippen LogP contribution in [0.5, 0.6) is 0 Å². The van der Waals surface area contributed by atoms with Crippen molar-refractivity contribution < 1.29 is 8.42 Å². The average Bonchev–Trinajstić information content (AvgIpc) is 2.40. The molecular formula is C13H9BrClN3O2S. The molecule has 0 radical (unpaired) electrons. The van der Waals surface area contributed by atoms with Crippen LogP contribution >= 0.6 is 27.5 Å². The Balaban J connectivity index is 2.40. The number of nitrogen functional groups attached to an aromatic ring is 1. The lowest BCUT2D eigenvalue weighted by Gasteiger charge is -2.11. The molecule has 2 aromatic carbocycles. The van der Waals surface area contributed by atoms with Gasteiger partial charge in [0, 0.05) is 4.47 Å². The molecule has 0 spiro atoms. The Morgan fingerprint density at radius 1 is 1.24 bits per heavy atom. The van der Waals surface area contributed by atoms with E-state index in [-0.39, 0.29) is 21.3 Å². The number of anilines is 2. The van der Waals surface area contributed by atoms with Crippen LogP contribution in [0.2, 0.25) is 5.02 Å². The summed E-state index contributed by atoms with van der Waals surface area (Å²) in [6, 6.07) is 10.6. The Morgan fingerprint density at radius 3 is 2.52 bits per heavy atom. The molecule has 2 aromatic rings. The van der Waals surface area contributed by atoms with Gasteiger partial charge in [0.25, 0.3) is 10.0 Å². The highest BCUT2D eigenvalue weighted by Gasteiger charge is 2.19. The number of rotatable bonds is 3. The molecule has 0 aromatic heterocycles. The van der Waals surface area contributed by atoms with Crippen molar-refractivity contribution in [3.63, 3.8) is 0 Å². The number of hydrogen-bond acceptors (Lipinski definition) is 4. The molecule has 0 aliphatic heterocycles. The van der Waals surface area contributed by atoms with Gasteiger partial charge in [-0.3, -0.25) is 4.72 Å². The van der Waals surface area contributed by atoms with Crippen LogP contribution in [0.3, 0.4) is 0 Å². The van der Waals surface area contributed by atoms with E-state index >= 15 is 0 Å². The fourth-order valence-corrected chi connectivity index (χ4v) is 3.74. The van der Waals surface area contributed by atoms with Gasteiger partial charge in [0.15, 0.2) is 0 Å². The molecule has 0 saturated heterocycles. The summed E-state index contributed by atoms with van der Waals surface area (Å²) in [7, 11) is -3.87. The van der Waals surface area contributed by atoms with Gasteiger partial charge in [-0.15, -0.1) is 0 Å². The lowest BCUT2D eigenvalue weighted by atomic mass is 10.2. The minimum absolute atomic E-state index is 0.0591. The average molecular weight is 387 g/mol. The summed E-state index contributed by atoms with van der Waals surface area (Å²) in [5, 5.41) is 8.85. The Hall–Kier alpha value is -1.75. The SMILES string of the molecule is N#Cc1ccc(NS(=O)(=O)c2ccc(Br)cc2Cl)c(N)c1. The van der Waals surface area contributed by atoms with Crippen LogP contribution in [0.15, 0.2) is 45.8 Å². The van der Waals surface area contributed by atoms with Gasteiger partial charge >= 0.3 is 0 Å². The van der Waals surface area contributed by atoms with Crippen molar-refractivity contribution in [2.24, 2.45) is 0 Å². The van der Waals surface area contributed by atoms with E-state index in [9.17, 15) is 8.42 Å². The smallest absolute Gasteiger partial charge is 0.263 e. The zero-order chi connectivity index (χ0) is 15.6. The van der Waals surface area contributed by atoms with Gasteiger partial charge in [-0.05, 0) is 36.4 Å². The second kappa shape index (κ2) is 5.93. The topological polar surface area (TPSA) is 96.0 Å². The van der Waals surface area contributed by atoms with E-state index in [1.165, 1.54) is 30.3 Å². The normalized spacial score (nSPS) is 10.9. The first-order valence-electron chi connectivity index (χ1n) is 5.61. The molecule has 0 bridgehead atoms. The van der Waals surface area contributed by atoms with E-state index in [4.69, 9.17) is 22.6 Å². The first-order valence-corrected chi connectivity index (χ1v) is 8.26. The number of nitrogens with two attached hydrogens (primary N) is 1. The van der Waals surface area contributed by atoms with Crippen LogP contribution in [-0.2, 0) is 10.0 Å². The van der Waals surface area contributed by atoms with Crippen molar-refractivity contribution >= 4 is 48.9 Å². The summed E-state index contributed by atoms with van der Waals surface area (Å²) in [5.41, 5.74) is 6.42. The summed E-state index contributed by atoms with van der Waals surface area (Å²) in [6.45, 7) is 0. The molecule has 3 N–H and O–H groups in total. The van der Waals surface area contributed by atoms with Crippen LogP contribution in [-0.4, -0.2) is 8.42 Å². The monoisotopic (exact) mass is 385 g/mol. The van der Waals surface area contributed by atoms with Crippen molar-refractivity contribution in [2.75, 3.05) is 10.5 Å². The molecule has 108 valence electrons. The van der Waals surface area contributed by atoms with E-state index in [0.29, 0.717) is 10.0 Å². The predicted octanol–water partition coefficient (Wildman–Crippen LogP) is 3.36. The molecule has 0 atom stereocenters. The summed E-state index contributed by atoms with van der Waals surface area (Å²) < 4.78 is 27.6. The van der Waals surface area contributed by atoms with Crippen LogP contribution in [0, 0.1) is 11.3 Å². The molecule has 2 rings (SSSR count). The van der Waals surface area contributed by atoms with E-state index in [1.54, 1.807) is 6.07 Å². The van der Waals surface area contributed by atoms with Gasteiger partial charge in [-0.2, -0.15) is 5.26 Å². The van der Waals surface area contributed by atoms with Crippen molar-refractivity contribution in [3.8, 4) is 6.07 Å². The van der Waals surface area contributed by atoms with Gasteiger partial charge in [0.1, 0.15) is 4.90 Å². The second-order valence-electron chi connectivity index (χ2n) is 4.09. The Bertz CT molecular complexity index is 847. The third-order valence-electron chi connectivity index (χ3n) is 2.61. The summed E-state index contributed by atoms with van der Waals surface area (Å²) in [4.78, 5) is -0.0591. The molecule has 0 fully saturated rings. The van der Waals surface area contributed by atoms with Crippen molar-refractivity contribution in [1.82, 2.24) is 0 Å². The Morgan fingerprint density at radius 2 is 1.95 bits per heavy atom. The van der Waals surface area contributed by atoms with Gasteiger partial charge in [0.05, 0.1) is 28.0 Å². The zero-order valence-electron chi connectivity index (χ0n) is 10.5. The number of benzene rings is 2. The van der Waals surface area contributed by atoms with Crippen LogP contribution in [0.1, 0.15) is 5.56 Å². The first kappa shape index (κ1) is 15.6. The van der Waals surface area contributed by atoms with Gasteiger partial charge < -0.3 is 5.73 Å². The standard InChI is InChI=1S/C13H9BrClN3O2S/c14-9-2-4-13(10(15)6-9)21(19,20)18-12-3-1-8(7-16)5-11(12)17/h1-6,18H,17H2.